The Labute approximate surface area is 484 Å². The fourth-order valence-corrected chi connectivity index (χ4v) is 9.88. The zero-order valence-electron chi connectivity index (χ0n) is 51.9. The molecule has 0 aromatic heterocycles. The normalized spacial score (nSPS) is 12.5. The van der Waals surface area contributed by atoms with E-state index in [0.29, 0.717) is 19.3 Å². The van der Waals surface area contributed by atoms with Gasteiger partial charge in [-0.3, -0.25) is 14.4 Å². The molecule has 1 atom stereocenters. The van der Waals surface area contributed by atoms with E-state index in [4.69, 9.17) is 14.2 Å². The van der Waals surface area contributed by atoms with Gasteiger partial charge in [-0.15, -0.1) is 0 Å². The van der Waals surface area contributed by atoms with E-state index in [9.17, 15) is 14.4 Å². The lowest BCUT2D eigenvalue weighted by atomic mass is 10.0. The van der Waals surface area contributed by atoms with Gasteiger partial charge < -0.3 is 14.2 Å². The highest BCUT2D eigenvalue weighted by molar-refractivity contribution is 5.71. The second-order valence-corrected chi connectivity index (χ2v) is 22.7. The SMILES string of the molecule is CC/C=C\C/C=C\C/C=C\C/C=C\CCCCCCCCCCCCC(=O)OCC(COC(=O)CCCCCCCCCCCCCCCC)OC(=O)CCCCCCCCCCCCC/C=C\C/C=C\CCCCCCC. The summed E-state index contributed by atoms with van der Waals surface area (Å²) in [5.74, 6) is -0.860. The molecule has 452 valence electrons. The number of esters is 3. The largest absolute Gasteiger partial charge is 0.462 e. The maximum atomic E-state index is 12.9. The molecule has 0 aromatic carbocycles. The van der Waals surface area contributed by atoms with Gasteiger partial charge in [-0.2, -0.15) is 0 Å². The molecule has 0 aliphatic heterocycles. The molecular weight excluding hydrogens is 961 g/mol. The molecule has 0 N–H and O–H groups in total. The molecule has 1 unspecified atom stereocenters. The first-order valence-electron chi connectivity index (χ1n) is 33.9. The molecule has 0 rings (SSSR count). The second-order valence-electron chi connectivity index (χ2n) is 22.7. The lowest BCUT2D eigenvalue weighted by Crippen LogP contribution is -2.30. The fourth-order valence-electron chi connectivity index (χ4n) is 9.88. The van der Waals surface area contributed by atoms with Gasteiger partial charge in [0, 0.05) is 19.3 Å². The maximum Gasteiger partial charge on any atom is 0.306 e. The lowest BCUT2D eigenvalue weighted by molar-refractivity contribution is -0.167. The Morgan fingerprint density at radius 1 is 0.269 bits per heavy atom. The van der Waals surface area contributed by atoms with E-state index in [-0.39, 0.29) is 31.1 Å². The molecule has 0 aliphatic rings. The standard InChI is InChI=1S/C72H128O6/c1-4-7-10-13-16-19-22-25-28-30-32-34-36-38-40-42-44-47-50-53-56-59-62-65-71(74)77-68-69(67-76-70(73)64-61-58-55-52-49-46-27-24-21-18-15-12-9-6-3)78-72(75)66-63-60-57-54-51-48-45-43-41-39-37-35-33-31-29-26-23-20-17-14-11-8-5-2/h7,10,16,19,23,25-26,28,31-34,69H,4-6,8-9,11-15,17-18,20-22,24,27,29-30,35-68H2,1-3H3/b10-7-,19-16-,26-23-,28-25-,33-31-,34-32-. The molecule has 0 aliphatic carbocycles. The van der Waals surface area contributed by atoms with Crippen LogP contribution in [0.15, 0.2) is 72.9 Å². The van der Waals surface area contributed by atoms with Crippen molar-refractivity contribution in [2.75, 3.05) is 13.2 Å². The Morgan fingerprint density at radius 3 is 0.782 bits per heavy atom. The summed E-state index contributed by atoms with van der Waals surface area (Å²) < 4.78 is 17.0. The van der Waals surface area contributed by atoms with Crippen LogP contribution in [0, 0.1) is 0 Å². The molecule has 0 spiro atoms. The van der Waals surface area contributed by atoms with Crippen molar-refractivity contribution in [3.05, 3.63) is 72.9 Å². The molecule has 6 nitrogen and oxygen atoms in total. The Hall–Kier alpha value is -3.15. The van der Waals surface area contributed by atoms with E-state index >= 15 is 0 Å². The third kappa shape index (κ3) is 63.7. The summed E-state index contributed by atoms with van der Waals surface area (Å²) in [4.78, 5) is 38.4. The predicted octanol–water partition coefficient (Wildman–Crippen LogP) is 23.3. The first-order chi connectivity index (χ1) is 38.5. The number of unbranched alkanes of at least 4 members (excludes halogenated alkanes) is 39. The summed E-state index contributed by atoms with van der Waals surface area (Å²) in [6.07, 6.45) is 86.2. The van der Waals surface area contributed by atoms with Crippen molar-refractivity contribution in [3.8, 4) is 0 Å². The highest BCUT2D eigenvalue weighted by Crippen LogP contribution is 2.17. The van der Waals surface area contributed by atoms with Crippen LogP contribution in [0.1, 0.15) is 348 Å². The van der Waals surface area contributed by atoms with Gasteiger partial charge in [0.25, 0.3) is 0 Å². The van der Waals surface area contributed by atoms with E-state index in [1.165, 1.54) is 218 Å². The van der Waals surface area contributed by atoms with Crippen LogP contribution in [0.4, 0.5) is 0 Å². The second kappa shape index (κ2) is 66.4. The molecule has 0 bridgehead atoms. The zero-order chi connectivity index (χ0) is 56.4. The average Bonchev–Trinajstić information content (AvgIpc) is 3.44. The van der Waals surface area contributed by atoms with Crippen molar-refractivity contribution in [2.24, 2.45) is 0 Å². The molecule has 0 amide bonds. The number of hydrogen-bond donors (Lipinski definition) is 0. The van der Waals surface area contributed by atoms with Gasteiger partial charge in [-0.05, 0) is 89.9 Å². The number of carbonyl (C=O) groups is 3. The van der Waals surface area contributed by atoms with Crippen molar-refractivity contribution < 1.29 is 28.6 Å². The van der Waals surface area contributed by atoms with Crippen LogP contribution in [0.25, 0.3) is 0 Å². The number of hydrogen-bond acceptors (Lipinski definition) is 6. The summed E-state index contributed by atoms with van der Waals surface area (Å²) in [6.45, 7) is 6.56. The van der Waals surface area contributed by atoms with Gasteiger partial charge in [-0.1, -0.05) is 312 Å². The van der Waals surface area contributed by atoms with Gasteiger partial charge in [0.2, 0.25) is 0 Å². The average molecular weight is 1090 g/mol. The van der Waals surface area contributed by atoms with E-state index in [0.717, 1.165) is 89.9 Å². The van der Waals surface area contributed by atoms with Crippen molar-refractivity contribution in [1.29, 1.82) is 0 Å². The molecule has 78 heavy (non-hydrogen) atoms. The molecule has 0 heterocycles. The molecule has 0 radical (unpaired) electrons. The maximum absolute atomic E-state index is 12.9. The van der Waals surface area contributed by atoms with Crippen molar-refractivity contribution in [3.63, 3.8) is 0 Å². The van der Waals surface area contributed by atoms with E-state index in [1.807, 2.05) is 0 Å². The van der Waals surface area contributed by atoms with Crippen LogP contribution in [0.2, 0.25) is 0 Å². The molecule has 0 aromatic rings. The van der Waals surface area contributed by atoms with Crippen molar-refractivity contribution >= 4 is 17.9 Å². The number of allylic oxidation sites excluding steroid dienone is 12. The highest BCUT2D eigenvalue weighted by Gasteiger charge is 2.19. The smallest absolute Gasteiger partial charge is 0.306 e. The molecular formula is C72H128O6. The van der Waals surface area contributed by atoms with Gasteiger partial charge >= 0.3 is 17.9 Å². The Morgan fingerprint density at radius 2 is 0.500 bits per heavy atom. The molecule has 0 saturated carbocycles. The van der Waals surface area contributed by atoms with E-state index in [1.54, 1.807) is 0 Å². The Balaban J connectivity index is 4.32. The van der Waals surface area contributed by atoms with Gasteiger partial charge in [0.15, 0.2) is 6.10 Å². The summed E-state index contributed by atoms with van der Waals surface area (Å²) >= 11 is 0. The third-order valence-corrected chi connectivity index (χ3v) is 14.9. The van der Waals surface area contributed by atoms with Crippen LogP contribution in [-0.4, -0.2) is 37.2 Å². The van der Waals surface area contributed by atoms with Gasteiger partial charge in [0.05, 0.1) is 0 Å². The monoisotopic (exact) mass is 1090 g/mol. The number of ether oxygens (including phenoxy) is 3. The first kappa shape index (κ1) is 74.8. The number of carbonyl (C=O) groups excluding carboxylic acids is 3. The Bertz CT molecular complexity index is 1440. The molecule has 0 saturated heterocycles. The van der Waals surface area contributed by atoms with Gasteiger partial charge in [-0.25, -0.2) is 0 Å². The Kier molecular flexibility index (Phi) is 63.7. The minimum atomic E-state index is -0.778. The van der Waals surface area contributed by atoms with Crippen LogP contribution < -0.4 is 0 Å². The quantitative estimate of drug-likeness (QED) is 0.0261. The first-order valence-corrected chi connectivity index (χ1v) is 33.9. The summed E-state index contributed by atoms with van der Waals surface area (Å²) in [5.41, 5.74) is 0. The lowest BCUT2D eigenvalue weighted by Gasteiger charge is -2.18. The summed E-state index contributed by atoms with van der Waals surface area (Å²) in [6, 6.07) is 0. The van der Waals surface area contributed by atoms with Crippen LogP contribution in [0.3, 0.4) is 0 Å². The van der Waals surface area contributed by atoms with Crippen LogP contribution in [-0.2, 0) is 28.6 Å². The topological polar surface area (TPSA) is 78.9 Å². The summed E-state index contributed by atoms with van der Waals surface area (Å²) in [7, 11) is 0. The summed E-state index contributed by atoms with van der Waals surface area (Å²) in [5, 5.41) is 0. The van der Waals surface area contributed by atoms with E-state index in [2.05, 4.69) is 93.7 Å². The molecule has 0 fully saturated rings. The minimum Gasteiger partial charge on any atom is -0.462 e. The van der Waals surface area contributed by atoms with Gasteiger partial charge in [0.1, 0.15) is 13.2 Å². The van der Waals surface area contributed by atoms with Crippen LogP contribution >= 0.6 is 0 Å². The third-order valence-electron chi connectivity index (χ3n) is 14.9. The highest BCUT2D eigenvalue weighted by atomic mass is 16.6. The van der Waals surface area contributed by atoms with Crippen molar-refractivity contribution in [2.45, 2.75) is 354 Å². The number of rotatable bonds is 62. The van der Waals surface area contributed by atoms with Crippen LogP contribution in [0.5, 0.6) is 0 Å². The predicted molar refractivity (Wildman–Crippen MR) is 339 cm³/mol. The minimum absolute atomic E-state index is 0.0734. The fraction of sp³-hybridized carbons (Fsp3) is 0.792. The van der Waals surface area contributed by atoms with Crippen molar-refractivity contribution in [1.82, 2.24) is 0 Å². The zero-order valence-corrected chi connectivity index (χ0v) is 51.9. The van der Waals surface area contributed by atoms with E-state index < -0.39 is 6.10 Å². The molecule has 6 heteroatoms.